The van der Waals surface area contributed by atoms with Crippen molar-refractivity contribution in [1.82, 2.24) is 4.90 Å². The van der Waals surface area contributed by atoms with E-state index < -0.39 is 150 Å². The Bertz CT molecular complexity index is 2130. The van der Waals surface area contributed by atoms with E-state index in [4.69, 9.17) is 29.5 Å². The molecule has 2 rings (SSSR count). The number of ether oxygens (including phenoxy) is 1. The molecule has 0 aliphatic heterocycles. The number of benzene rings is 2. The number of rotatable bonds is 14. The van der Waals surface area contributed by atoms with Crippen molar-refractivity contribution in [3.63, 3.8) is 0 Å². The number of hydrogen-bond donors (Lipinski definition) is 1. The summed E-state index contributed by atoms with van der Waals surface area (Å²) < 4.78 is 239. The third-order valence-corrected chi connectivity index (χ3v) is 7.02. The maximum atomic E-state index is 14.4. The van der Waals surface area contributed by atoms with Crippen LogP contribution in [0.2, 0.25) is 0 Å². The van der Waals surface area contributed by atoms with Crippen LogP contribution in [0.3, 0.4) is 0 Å². The molecule has 0 spiro atoms. The third kappa shape index (κ3) is 7.82. The predicted molar refractivity (Wildman–Crippen MR) is 174 cm³/mol. The quantitative estimate of drug-likeness (QED) is 0.176. The monoisotopic (exact) mass is 592 g/mol. The first kappa shape index (κ1) is 12.8. The van der Waals surface area contributed by atoms with E-state index in [1.165, 1.54) is 6.92 Å². The van der Waals surface area contributed by atoms with Crippen LogP contribution in [0.4, 0.5) is 0 Å². The van der Waals surface area contributed by atoms with Crippen molar-refractivity contribution < 1.29 is 48.9 Å². The van der Waals surface area contributed by atoms with Crippen molar-refractivity contribution in [3.8, 4) is 5.75 Å². The molecule has 0 bridgehead atoms. The van der Waals surface area contributed by atoms with Crippen molar-refractivity contribution >= 4 is 5.97 Å². The minimum Gasteiger partial charge on any atom is -0.426 e. The summed E-state index contributed by atoms with van der Waals surface area (Å²) in [5.74, 6) is -14.1. The van der Waals surface area contributed by atoms with Crippen LogP contribution >= 0.6 is 0 Å². The lowest BCUT2D eigenvalue weighted by Gasteiger charge is -2.47. The van der Waals surface area contributed by atoms with E-state index in [0.717, 1.165) is 34.6 Å². The fourth-order valence-electron chi connectivity index (χ4n) is 3.74. The standard InChI is InChI=1S/C37H59NO3/c1-15-27(8)38(37(13,14)23(3)4)22-26(7)34(30-19-17-18-24(5)28(30)9)32-21-31(29(10)39)25(6)20-33(32)41-35(40)36(11,12)16-2/h17-21,23,26-27,29,34,39H,15-16,22H2,1-14H3/t26?,27?,29?,34-/m1/s1/i8D3,11D3,13D3,15D2,16D2,17D,18D,19D,20D,21D,22D2,23D,26D,27D,29D,34D,39D/t26?,27?,29?,34-,36?,37?. The molecular formula is C37H59NO3. The largest absolute Gasteiger partial charge is 0.426 e. The summed E-state index contributed by atoms with van der Waals surface area (Å²) in [6.45, 7) is -7.26. The Morgan fingerprint density at radius 1 is 1.10 bits per heavy atom. The fourth-order valence-corrected chi connectivity index (χ4v) is 3.74. The fraction of sp³-hybridized carbons (Fsp3) is 0.649. The SMILES string of the molecule is [2H]OC([2H])(C)c1c([2H])c([C@@]([2H])(c2c([2H])c([2H])c([2H])c(C)c2C)C([2H])(C)C([2H])([2H])N(C([2H])(C([2H])([2H])[2H])C([2H])([2H])C)C(C)(C([2H])([2H])[2H])C([2H])(C)C)c(OC(=O)C(C)(C([2H])([2H])[2H])C([2H])([2H])C)c([2H])c1C. The second kappa shape index (κ2) is 13.9. The molecule has 4 nitrogen and oxygen atoms in total. The Balaban J connectivity index is 3.96. The average Bonchev–Trinajstić information content (AvgIpc) is 3.11. The molecular weight excluding hydrogens is 506 g/mol. The molecule has 2 aromatic carbocycles. The van der Waals surface area contributed by atoms with Gasteiger partial charge in [0.05, 0.1) is 19.7 Å². The average molecular weight is 592 g/mol. The van der Waals surface area contributed by atoms with Gasteiger partial charge in [-0.15, -0.1) is 0 Å². The zero-order valence-corrected chi connectivity index (χ0v) is 25.7. The summed E-state index contributed by atoms with van der Waals surface area (Å²) in [6, 6.07) is -9.66. The molecule has 0 aliphatic rings. The van der Waals surface area contributed by atoms with Gasteiger partial charge in [0.25, 0.3) is 0 Å². The molecule has 0 saturated heterocycles. The minimum absolute atomic E-state index is 0.264. The highest BCUT2D eigenvalue weighted by atomic mass is 16.5. The van der Waals surface area contributed by atoms with Gasteiger partial charge < -0.3 is 9.85 Å². The molecule has 0 saturated carbocycles. The van der Waals surface area contributed by atoms with Crippen LogP contribution < -0.4 is 4.74 Å². The summed E-state index contributed by atoms with van der Waals surface area (Å²) in [5.41, 5.74) is -11.3. The van der Waals surface area contributed by atoms with E-state index in [-0.39, 0.29) is 10.5 Å². The summed E-state index contributed by atoms with van der Waals surface area (Å²) in [7, 11) is 0. The first-order valence-electron chi connectivity index (χ1n) is 25.9. The van der Waals surface area contributed by atoms with Crippen LogP contribution in [0.15, 0.2) is 30.2 Å². The lowest BCUT2D eigenvalue weighted by Crippen LogP contribution is -2.54. The Morgan fingerprint density at radius 2 is 1.80 bits per heavy atom. The molecule has 1 N–H and O–H groups in total. The molecule has 0 aromatic heterocycles. The summed E-state index contributed by atoms with van der Waals surface area (Å²) in [5, 5.41) is 4.60. The van der Waals surface area contributed by atoms with Gasteiger partial charge in [0.1, 0.15) is 5.75 Å². The second-order valence-electron chi connectivity index (χ2n) is 10.4. The van der Waals surface area contributed by atoms with Crippen LogP contribution in [-0.2, 0) is 4.79 Å². The molecule has 0 heterocycles. The molecule has 0 aliphatic carbocycles. The van der Waals surface area contributed by atoms with Crippen molar-refractivity contribution in [2.45, 2.75) is 133 Å². The molecule has 41 heavy (non-hydrogen) atoms. The molecule has 5 unspecified atom stereocenters. The van der Waals surface area contributed by atoms with Gasteiger partial charge in [-0.1, -0.05) is 52.7 Å². The number of nitrogens with zero attached hydrogens (tertiary/aromatic N) is 1. The Labute approximate surface area is 288 Å². The highest BCUT2D eigenvalue weighted by Gasteiger charge is 2.37. The number of carbonyl (C=O) groups is 1. The van der Waals surface area contributed by atoms with Crippen LogP contribution in [0.5, 0.6) is 5.75 Å². The lowest BCUT2D eigenvalue weighted by molar-refractivity contribution is -0.144. The zero-order chi connectivity index (χ0) is 54.0. The smallest absolute Gasteiger partial charge is 0.316 e. The third-order valence-electron chi connectivity index (χ3n) is 7.02. The van der Waals surface area contributed by atoms with Crippen LogP contribution in [0.25, 0.3) is 0 Å². The van der Waals surface area contributed by atoms with Crippen molar-refractivity contribution in [3.05, 3.63) is 63.6 Å². The molecule has 0 radical (unpaired) electrons. The van der Waals surface area contributed by atoms with Gasteiger partial charge >= 0.3 is 5.97 Å². The number of aliphatic hydroxyl groups is 1. The number of carbonyl (C=O) groups excluding carboxylic acids is 1. The first-order chi connectivity index (χ1) is 29.1. The van der Waals surface area contributed by atoms with E-state index in [1.807, 2.05) is 0 Å². The Kier molecular flexibility index (Phi) is 4.34. The molecule has 6 atom stereocenters. The van der Waals surface area contributed by atoms with E-state index in [1.54, 1.807) is 0 Å². The summed E-state index contributed by atoms with van der Waals surface area (Å²) in [6.07, 6.45) is -9.41. The van der Waals surface area contributed by atoms with Gasteiger partial charge in [-0.3, -0.25) is 9.69 Å². The second-order valence-corrected chi connectivity index (χ2v) is 10.4. The Morgan fingerprint density at radius 3 is 2.34 bits per heavy atom. The van der Waals surface area contributed by atoms with Crippen molar-refractivity contribution in [2.75, 3.05) is 6.50 Å². The highest BCUT2D eigenvalue weighted by molar-refractivity contribution is 5.79. The van der Waals surface area contributed by atoms with Gasteiger partial charge in [-0.25, -0.2) is 0 Å². The topological polar surface area (TPSA) is 49.8 Å². The van der Waals surface area contributed by atoms with Crippen LogP contribution in [0.1, 0.15) is 168 Å². The maximum Gasteiger partial charge on any atom is 0.316 e. The molecule has 2 aromatic rings. The van der Waals surface area contributed by atoms with Crippen molar-refractivity contribution in [2.24, 2.45) is 17.2 Å². The van der Waals surface area contributed by atoms with Crippen molar-refractivity contribution in [1.29, 1.82) is 1.43 Å². The maximum absolute atomic E-state index is 14.4. The van der Waals surface area contributed by atoms with Gasteiger partial charge in [0.2, 0.25) is 1.43 Å². The molecule has 0 fully saturated rings. The zero-order valence-electron chi connectivity index (χ0n) is 51.7. The summed E-state index contributed by atoms with van der Waals surface area (Å²) in [4.78, 5) is 14.1. The number of hydrogen-bond acceptors (Lipinski definition) is 4. The Hall–Kier alpha value is -2.17. The van der Waals surface area contributed by atoms with E-state index >= 15 is 0 Å². The lowest BCUT2D eigenvalue weighted by atomic mass is 9.76. The normalized spacial score (nSPS) is 32.5. The highest BCUT2D eigenvalue weighted by Crippen LogP contribution is 2.43. The van der Waals surface area contributed by atoms with Gasteiger partial charge in [-0.05, 0) is 127 Å². The molecule has 230 valence electrons. The van der Waals surface area contributed by atoms with E-state index in [2.05, 4.69) is 5.11 Å². The van der Waals surface area contributed by atoms with Gasteiger partial charge in [-0.2, -0.15) is 0 Å². The van der Waals surface area contributed by atoms with Gasteiger partial charge in [0.15, 0.2) is 0 Å². The summed E-state index contributed by atoms with van der Waals surface area (Å²) >= 11 is 0. The number of esters is 1. The van der Waals surface area contributed by atoms with Crippen LogP contribution in [0, 0.1) is 38.0 Å². The molecule has 4 heteroatoms. The predicted octanol–water partition coefficient (Wildman–Crippen LogP) is 9.31. The first-order valence-corrected chi connectivity index (χ1v) is 13.0. The van der Waals surface area contributed by atoms with E-state index in [9.17, 15) is 15.8 Å². The van der Waals surface area contributed by atoms with E-state index in [0.29, 0.717) is 34.6 Å². The molecule has 0 amide bonds. The van der Waals surface area contributed by atoms with Gasteiger partial charge in [0, 0.05) is 55.6 Å². The van der Waals surface area contributed by atoms with Crippen LogP contribution in [-0.4, -0.2) is 35.5 Å². The minimum atomic E-state index is -4.43.